The first-order valence-electron chi connectivity index (χ1n) is 7.34. The molecule has 3 nitrogen and oxygen atoms in total. The molecule has 1 aliphatic rings. The Morgan fingerprint density at radius 2 is 2.15 bits per heavy atom. The third-order valence-corrected chi connectivity index (χ3v) is 4.27. The number of hydrogen-bond acceptors (Lipinski definition) is 2. The van der Waals surface area contributed by atoms with E-state index in [0.717, 1.165) is 42.7 Å². The summed E-state index contributed by atoms with van der Waals surface area (Å²) in [5.41, 5.74) is 6.60. The number of halogens is 1. The highest BCUT2D eigenvalue weighted by atomic mass is 35.5. The van der Waals surface area contributed by atoms with E-state index in [-0.39, 0.29) is 17.5 Å². The molecule has 0 aliphatic heterocycles. The Kier molecular flexibility index (Phi) is 5.06. The second-order valence-corrected chi connectivity index (χ2v) is 6.30. The van der Waals surface area contributed by atoms with Gasteiger partial charge in [-0.1, -0.05) is 36.6 Å². The van der Waals surface area contributed by atoms with Crippen molar-refractivity contribution in [2.75, 3.05) is 0 Å². The van der Waals surface area contributed by atoms with Gasteiger partial charge in [0.2, 0.25) is 5.91 Å². The second-order valence-electron chi connectivity index (χ2n) is 5.86. The van der Waals surface area contributed by atoms with Gasteiger partial charge in [0.05, 0.1) is 5.54 Å². The lowest BCUT2D eigenvalue weighted by molar-refractivity contribution is -0.123. The summed E-state index contributed by atoms with van der Waals surface area (Å²) >= 11 is 6.10. The summed E-state index contributed by atoms with van der Waals surface area (Å²) in [4.78, 5) is 12.2. The van der Waals surface area contributed by atoms with Crippen LogP contribution in [-0.2, 0) is 10.3 Å². The van der Waals surface area contributed by atoms with Crippen LogP contribution in [-0.4, -0.2) is 11.9 Å². The van der Waals surface area contributed by atoms with Gasteiger partial charge < -0.3 is 11.1 Å². The van der Waals surface area contributed by atoms with E-state index in [2.05, 4.69) is 11.4 Å². The number of hydrogen-bond donors (Lipinski definition) is 2. The highest BCUT2D eigenvalue weighted by Crippen LogP contribution is 2.39. The summed E-state index contributed by atoms with van der Waals surface area (Å²) in [5.74, 6) is 0.0872. The molecule has 3 N–H and O–H groups in total. The fourth-order valence-corrected chi connectivity index (χ4v) is 3.13. The molecule has 0 spiro atoms. The zero-order valence-corrected chi connectivity index (χ0v) is 12.7. The molecular formula is C16H23ClN2O. The Morgan fingerprint density at radius 3 is 2.75 bits per heavy atom. The summed E-state index contributed by atoms with van der Waals surface area (Å²) in [6.07, 6.45) is 5.45. The smallest absolute Gasteiger partial charge is 0.220 e. The van der Waals surface area contributed by atoms with E-state index in [1.807, 2.05) is 25.1 Å². The number of rotatable bonds is 5. The van der Waals surface area contributed by atoms with E-state index in [1.165, 1.54) is 0 Å². The molecule has 1 amide bonds. The first-order valence-corrected chi connectivity index (χ1v) is 7.72. The first-order chi connectivity index (χ1) is 9.52. The van der Waals surface area contributed by atoms with E-state index < -0.39 is 0 Å². The maximum atomic E-state index is 12.2. The van der Waals surface area contributed by atoms with Crippen LogP contribution in [0.1, 0.15) is 51.0 Å². The van der Waals surface area contributed by atoms with E-state index in [4.69, 9.17) is 17.3 Å². The topological polar surface area (TPSA) is 55.1 Å². The van der Waals surface area contributed by atoms with Crippen molar-refractivity contribution in [3.63, 3.8) is 0 Å². The number of nitrogens with two attached hydrogens (primary N) is 1. The van der Waals surface area contributed by atoms with Crippen LogP contribution < -0.4 is 11.1 Å². The third-order valence-electron chi connectivity index (χ3n) is 4.04. The minimum absolute atomic E-state index is 0.0615. The Bertz CT molecular complexity index is 467. The molecule has 1 aliphatic carbocycles. The molecule has 0 aromatic heterocycles. The lowest BCUT2D eigenvalue weighted by Gasteiger charge is -2.31. The van der Waals surface area contributed by atoms with Gasteiger partial charge >= 0.3 is 0 Å². The molecule has 0 saturated heterocycles. The predicted molar refractivity (Wildman–Crippen MR) is 82.6 cm³/mol. The summed E-state index contributed by atoms with van der Waals surface area (Å²) in [6.45, 7) is 1.93. The van der Waals surface area contributed by atoms with Crippen molar-refractivity contribution in [3.8, 4) is 0 Å². The van der Waals surface area contributed by atoms with E-state index in [0.29, 0.717) is 6.42 Å². The Morgan fingerprint density at radius 1 is 1.45 bits per heavy atom. The summed E-state index contributed by atoms with van der Waals surface area (Å²) in [7, 11) is 0. The second kappa shape index (κ2) is 6.59. The van der Waals surface area contributed by atoms with Gasteiger partial charge in [0, 0.05) is 17.5 Å². The van der Waals surface area contributed by atoms with Crippen molar-refractivity contribution >= 4 is 17.5 Å². The first kappa shape index (κ1) is 15.3. The molecule has 0 heterocycles. The van der Waals surface area contributed by atoms with Gasteiger partial charge in [0.1, 0.15) is 0 Å². The highest BCUT2D eigenvalue weighted by molar-refractivity contribution is 6.30. The SMILES string of the molecule is CC(N)CCC(=O)NC1(c2cccc(Cl)c2)CCCC1. The van der Waals surface area contributed by atoms with Crippen LogP contribution in [0.3, 0.4) is 0 Å². The maximum Gasteiger partial charge on any atom is 0.220 e. The monoisotopic (exact) mass is 294 g/mol. The zero-order chi connectivity index (χ0) is 14.6. The van der Waals surface area contributed by atoms with Crippen molar-refractivity contribution < 1.29 is 4.79 Å². The van der Waals surface area contributed by atoms with E-state index in [9.17, 15) is 4.79 Å². The van der Waals surface area contributed by atoms with Gasteiger partial charge in [0.15, 0.2) is 0 Å². The average Bonchev–Trinajstić information content (AvgIpc) is 2.86. The van der Waals surface area contributed by atoms with E-state index >= 15 is 0 Å². The number of amides is 1. The Hall–Kier alpha value is -1.06. The molecule has 1 saturated carbocycles. The van der Waals surface area contributed by atoms with Crippen LogP contribution in [0.15, 0.2) is 24.3 Å². The largest absolute Gasteiger partial charge is 0.347 e. The molecule has 1 atom stereocenters. The molecule has 0 radical (unpaired) electrons. The molecule has 1 fully saturated rings. The molecule has 1 aromatic carbocycles. The lowest BCUT2D eigenvalue weighted by atomic mass is 9.88. The normalized spacial score (nSPS) is 18.8. The van der Waals surface area contributed by atoms with Gasteiger partial charge in [0.25, 0.3) is 0 Å². The molecule has 2 rings (SSSR count). The van der Waals surface area contributed by atoms with Crippen molar-refractivity contribution in [3.05, 3.63) is 34.9 Å². The van der Waals surface area contributed by atoms with Gasteiger partial charge in [-0.2, -0.15) is 0 Å². The Balaban J connectivity index is 2.12. The van der Waals surface area contributed by atoms with Gasteiger partial charge in [-0.3, -0.25) is 4.79 Å². The van der Waals surface area contributed by atoms with Crippen LogP contribution in [0.25, 0.3) is 0 Å². The number of carbonyl (C=O) groups excluding carboxylic acids is 1. The third kappa shape index (κ3) is 3.74. The highest BCUT2D eigenvalue weighted by Gasteiger charge is 2.36. The molecular weight excluding hydrogens is 272 g/mol. The fourth-order valence-electron chi connectivity index (χ4n) is 2.94. The molecule has 4 heteroatoms. The summed E-state index contributed by atoms with van der Waals surface area (Å²) in [6, 6.07) is 7.91. The van der Waals surface area contributed by atoms with E-state index in [1.54, 1.807) is 0 Å². The minimum atomic E-state index is -0.236. The van der Waals surface area contributed by atoms with Crippen LogP contribution >= 0.6 is 11.6 Å². The van der Waals surface area contributed by atoms with Gasteiger partial charge in [-0.05, 0) is 43.9 Å². The molecule has 110 valence electrons. The summed E-state index contributed by atoms with van der Waals surface area (Å²) < 4.78 is 0. The van der Waals surface area contributed by atoms with Gasteiger partial charge in [-0.25, -0.2) is 0 Å². The Labute approximate surface area is 125 Å². The van der Waals surface area contributed by atoms with Crippen LogP contribution in [0, 0.1) is 0 Å². The van der Waals surface area contributed by atoms with Crippen molar-refractivity contribution in [2.24, 2.45) is 5.73 Å². The predicted octanol–water partition coefficient (Wildman–Crippen LogP) is 3.35. The number of benzene rings is 1. The number of nitrogens with one attached hydrogen (secondary N) is 1. The summed E-state index contributed by atoms with van der Waals surface area (Å²) in [5, 5.41) is 3.96. The average molecular weight is 295 g/mol. The lowest BCUT2D eigenvalue weighted by Crippen LogP contribution is -2.44. The maximum absolute atomic E-state index is 12.2. The molecule has 0 bridgehead atoms. The quantitative estimate of drug-likeness (QED) is 0.875. The van der Waals surface area contributed by atoms with Crippen LogP contribution in [0.2, 0.25) is 5.02 Å². The number of carbonyl (C=O) groups is 1. The standard InChI is InChI=1S/C16H23ClN2O/c1-12(18)7-8-15(20)19-16(9-2-3-10-16)13-5-4-6-14(17)11-13/h4-6,11-12H,2-3,7-10,18H2,1H3,(H,19,20). The molecule has 20 heavy (non-hydrogen) atoms. The zero-order valence-electron chi connectivity index (χ0n) is 12.0. The van der Waals surface area contributed by atoms with Crippen LogP contribution in [0.5, 0.6) is 0 Å². The van der Waals surface area contributed by atoms with Crippen molar-refractivity contribution in [1.82, 2.24) is 5.32 Å². The van der Waals surface area contributed by atoms with Crippen molar-refractivity contribution in [2.45, 2.75) is 57.0 Å². The van der Waals surface area contributed by atoms with Crippen LogP contribution in [0.4, 0.5) is 0 Å². The minimum Gasteiger partial charge on any atom is -0.347 e. The molecule has 1 aromatic rings. The van der Waals surface area contributed by atoms with Gasteiger partial charge in [-0.15, -0.1) is 0 Å². The van der Waals surface area contributed by atoms with Crippen molar-refractivity contribution in [1.29, 1.82) is 0 Å². The fraction of sp³-hybridized carbons (Fsp3) is 0.562. The molecule has 1 unspecified atom stereocenters.